The molecule has 0 aliphatic carbocycles. The van der Waals surface area contributed by atoms with Crippen LogP contribution in [-0.2, 0) is 14.3 Å². The third kappa shape index (κ3) is 3.93. The van der Waals surface area contributed by atoms with E-state index >= 15 is 0 Å². The number of fused-ring (bicyclic) bond motifs is 1. The molecule has 112 valence electrons. The molecule has 0 fully saturated rings. The maximum Gasteiger partial charge on any atom is 0.307 e. The molecule has 0 unspecified atom stereocenters. The van der Waals surface area contributed by atoms with Crippen molar-refractivity contribution in [3.8, 4) is 0 Å². The van der Waals surface area contributed by atoms with Crippen LogP contribution >= 0.6 is 22.6 Å². The van der Waals surface area contributed by atoms with E-state index in [1.807, 2.05) is 6.07 Å². The Morgan fingerprint density at radius 3 is 2.90 bits per heavy atom. The predicted octanol–water partition coefficient (Wildman–Crippen LogP) is 1.64. The average molecular weight is 402 g/mol. The summed E-state index contributed by atoms with van der Waals surface area (Å²) < 4.78 is 5.74. The average Bonchev–Trinajstić information content (AvgIpc) is 2.55. The zero-order chi connectivity index (χ0) is 15.4. The zero-order valence-corrected chi connectivity index (χ0v) is 13.7. The van der Waals surface area contributed by atoms with E-state index in [0.29, 0.717) is 17.9 Å². The van der Waals surface area contributed by atoms with Crippen molar-refractivity contribution < 1.29 is 19.1 Å². The number of benzene rings is 1. The van der Waals surface area contributed by atoms with E-state index < -0.39 is 0 Å². The minimum Gasteiger partial charge on any atom is -0.466 e. The summed E-state index contributed by atoms with van der Waals surface area (Å²) in [5, 5.41) is 2.70. The van der Waals surface area contributed by atoms with Gasteiger partial charge in [0, 0.05) is 10.1 Å². The molecule has 1 aromatic carbocycles. The summed E-state index contributed by atoms with van der Waals surface area (Å²) in [4.78, 5) is 37.1. The molecule has 6 nitrogen and oxygen atoms in total. The Labute approximate surface area is 136 Å². The number of esters is 1. The lowest BCUT2D eigenvalue weighted by atomic mass is 10.1. The molecule has 21 heavy (non-hydrogen) atoms. The Kier molecular flexibility index (Phi) is 5.16. The SMILES string of the molecule is CCOC(=O)CCN1CC(=O)Nc2ccc(I)cc2C1=O. The quantitative estimate of drug-likeness (QED) is 0.614. The third-order valence-electron chi connectivity index (χ3n) is 3.00. The summed E-state index contributed by atoms with van der Waals surface area (Å²) in [6.45, 7) is 2.12. The van der Waals surface area contributed by atoms with Crippen molar-refractivity contribution in [1.82, 2.24) is 4.90 Å². The molecular formula is C14H15IN2O4. The van der Waals surface area contributed by atoms with Crippen molar-refractivity contribution >= 4 is 46.1 Å². The predicted molar refractivity (Wildman–Crippen MR) is 84.9 cm³/mol. The lowest BCUT2D eigenvalue weighted by Crippen LogP contribution is -2.36. The molecule has 0 bridgehead atoms. The van der Waals surface area contributed by atoms with Gasteiger partial charge in [-0.3, -0.25) is 14.4 Å². The lowest BCUT2D eigenvalue weighted by molar-refractivity contribution is -0.143. The van der Waals surface area contributed by atoms with Gasteiger partial charge in [0.1, 0.15) is 6.54 Å². The number of halogens is 1. The first kappa shape index (κ1) is 15.7. The second-order valence-electron chi connectivity index (χ2n) is 4.52. The normalized spacial score (nSPS) is 14.3. The molecule has 7 heteroatoms. The van der Waals surface area contributed by atoms with E-state index in [0.717, 1.165) is 3.57 Å². The van der Waals surface area contributed by atoms with Gasteiger partial charge >= 0.3 is 5.97 Å². The third-order valence-corrected chi connectivity index (χ3v) is 3.67. The van der Waals surface area contributed by atoms with E-state index in [-0.39, 0.29) is 37.3 Å². The first-order valence-corrected chi connectivity index (χ1v) is 7.63. The van der Waals surface area contributed by atoms with Crippen LogP contribution in [0, 0.1) is 3.57 Å². The molecule has 0 saturated heterocycles. The second kappa shape index (κ2) is 6.88. The fourth-order valence-electron chi connectivity index (χ4n) is 2.05. The van der Waals surface area contributed by atoms with Crippen LogP contribution in [0.15, 0.2) is 18.2 Å². The Morgan fingerprint density at radius 2 is 2.19 bits per heavy atom. The smallest absolute Gasteiger partial charge is 0.307 e. The van der Waals surface area contributed by atoms with Crippen molar-refractivity contribution in [3.63, 3.8) is 0 Å². The summed E-state index contributed by atoms with van der Waals surface area (Å²) >= 11 is 2.11. The van der Waals surface area contributed by atoms with Crippen molar-refractivity contribution in [3.05, 3.63) is 27.3 Å². The molecule has 1 aliphatic heterocycles. The molecule has 1 aromatic rings. The maximum absolute atomic E-state index is 12.5. The van der Waals surface area contributed by atoms with Crippen LogP contribution in [0.1, 0.15) is 23.7 Å². The number of nitrogens with zero attached hydrogens (tertiary/aromatic N) is 1. The van der Waals surface area contributed by atoms with E-state index in [1.165, 1.54) is 4.90 Å². The van der Waals surface area contributed by atoms with E-state index in [1.54, 1.807) is 19.1 Å². The molecule has 0 spiro atoms. The van der Waals surface area contributed by atoms with Gasteiger partial charge in [-0.05, 0) is 47.7 Å². The fraction of sp³-hybridized carbons (Fsp3) is 0.357. The number of hydrogen-bond donors (Lipinski definition) is 1. The van der Waals surface area contributed by atoms with Gasteiger partial charge in [-0.15, -0.1) is 0 Å². The zero-order valence-electron chi connectivity index (χ0n) is 11.5. The molecule has 0 saturated carbocycles. The van der Waals surface area contributed by atoms with Crippen molar-refractivity contribution in [2.45, 2.75) is 13.3 Å². The van der Waals surface area contributed by atoms with Crippen LogP contribution in [0.4, 0.5) is 5.69 Å². The number of carbonyl (C=O) groups excluding carboxylic acids is 3. The van der Waals surface area contributed by atoms with Gasteiger partial charge in [0.15, 0.2) is 0 Å². The Morgan fingerprint density at radius 1 is 1.43 bits per heavy atom. The maximum atomic E-state index is 12.5. The number of nitrogens with one attached hydrogen (secondary N) is 1. The summed E-state index contributed by atoms with van der Waals surface area (Å²) in [7, 11) is 0. The van der Waals surface area contributed by atoms with Crippen molar-refractivity contribution in [2.75, 3.05) is 25.0 Å². The molecule has 0 aromatic heterocycles. The minimum absolute atomic E-state index is 0.0660. The Balaban J connectivity index is 2.17. The molecule has 1 heterocycles. The van der Waals surface area contributed by atoms with Crippen LogP contribution in [0.5, 0.6) is 0 Å². The van der Waals surface area contributed by atoms with Gasteiger partial charge in [0.25, 0.3) is 5.91 Å². The molecule has 0 radical (unpaired) electrons. The lowest BCUT2D eigenvalue weighted by Gasteiger charge is -2.19. The molecular weight excluding hydrogens is 387 g/mol. The highest BCUT2D eigenvalue weighted by atomic mass is 127. The standard InChI is InChI=1S/C14H15IN2O4/c1-2-21-13(19)5-6-17-8-12(18)16-11-4-3-9(15)7-10(11)14(17)20/h3-4,7H,2,5-6,8H2,1H3,(H,16,18). The Bertz CT molecular complexity index is 588. The van der Waals surface area contributed by atoms with Crippen LogP contribution < -0.4 is 5.32 Å². The number of anilines is 1. The van der Waals surface area contributed by atoms with Crippen LogP contribution in [0.25, 0.3) is 0 Å². The number of carbonyl (C=O) groups is 3. The fourth-order valence-corrected chi connectivity index (χ4v) is 2.54. The van der Waals surface area contributed by atoms with Gasteiger partial charge in [0.2, 0.25) is 5.91 Å². The highest BCUT2D eigenvalue weighted by Crippen LogP contribution is 2.23. The molecule has 2 rings (SSSR count). The number of rotatable bonds is 4. The number of amides is 2. The highest BCUT2D eigenvalue weighted by molar-refractivity contribution is 14.1. The van der Waals surface area contributed by atoms with E-state index in [9.17, 15) is 14.4 Å². The van der Waals surface area contributed by atoms with Gasteiger partial charge in [0.05, 0.1) is 24.3 Å². The summed E-state index contributed by atoms with van der Waals surface area (Å²) in [6.07, 6.45) is 0.0755. The largest absolute Gasteiger partial charge is 0.466 e. The minimum atomic E-state index is -0.377. The van der Waals surface area contributed by atoms with Crippen LogP contribution in [0.3, 0.4) is 0 Å². The number of ether oxygens (including phenoxy) is 1. The molecule has 1 aliphatic rings. The summed E-state index contributed by atoms with van der Waals surface area (Å²) in [5.74, 6) is -0.906. The first-order valence-electron chi connectivity index (χ1n) is 6.55. The van der Waals surface area contributed by atoms with E-state index in [4.69, 9.17) is 4.74 Å². The molecule has 2 amide bonds. The summed E-state index contributed by atoms with van der Waals surface area (Å²) in [5.41, 5.74) is 0.945. The van der Waals surface area contributed by atoms with Gasteiger partial charge in [-0.25, -0.2) is 0 Å². The topological polar surface area (TPSA) is 75.7 Å². The number of hydrogen-bond acceptors (Lipinski definition) is 4. The summed E-state index contributed by atoms with van der Waals surface area (Å²) in [6, 6.07) is 5.25. The monoisotopic (exact) mass is 402 g/mol. The molecule has 0 atom stereocenters. The second-order valence-corrected chi connectivity index (χ2v) is 5.77. The van der Waals surface area contributed by atoms with Gasteiger partial charge < -0.3 is 15.0 Å². The van der Waals surface area contributed by atoms with Gasteiger partial charge in [-0.1, -0.05) is 0 Å². The Hall–Kier alpha value is -1.64. The van der Waals surface area contributed by atoms with Crippen LogP contribution in [-0.4, -0.2) is 42.4 Å². The van der Waals surface area contributed by atoms with E-state index in [2.05, 4.69) is 27.9 Å². The van der Waals surface area contributed by atoms with Gasteiger partial charge in [-0.2, -0.15) is 0 Å². The van der Waals surface area contributed by atoms with Crippen LogP contribution in [0.2, 0.25) is 0 Å². The first-order chi connectivity index (χ1) is 10.0. The van der Waals surface area contributed by atoms with Crippen molar-refractivity contribution in [1.29, 1.82) is 0 Å². The molecule has 1 N–H and O–H groups in total. The highest BCUT2D eigenvalue weighted by Gasteiger charge is 2.26. The van der Waals surface area contributed by atoms with Crippen molar-refractivity contribution in [2.24, 2.45) is 0 Å².